The van der Waals surface area contributed by atoms with E-state index in [-0.39, 0.29) is 40.8 Å². The normalized spacial score (nSPS) is 12.6. The van der Waals surface area contributed by atoms with E-state index in [0.29, 0.717) is 27.6 Å². The minimum atomic E-state index is -1.73. The number of ether oxygens (including phenoxy) is 3. The summed E-state index contributed by atoms with van der Waals surface area (Å²) in [7, 11) is 2.85. The molecule has 0 bridgehead atoms. The van der Waals surface area contributed by atoms with Crippen LogP contribution in [0.5, 0.6) is 17.2 Å². The maximum absolute atomic E-state index is 13.8. The van der Waals surface area contributed by atoms with Gasteiger partial charge < -0.3 is 19.3 Å². The molecule has 0 aliphatic carbocycles. The summed E-state index contributed by atoms with van der Waals surface area (Å²) in [4.78, 5) is 22.0. The van der Waals surface area contributed by atoms with Crippen LogP contribution in [0.3, 0.4) is 0 Å². The molecule has 11 heteroatoms. The summed E-state index contributed by atoms with van der Waals surface area (Å²) in [6.07, 6.45) is 1.42. The van der Waals surface area contributed by atoms with Crippen molar-refractivity contribution >= 4 is 28.7 Å². The predicted molar refractivity (Wildman–Crippen MR) is 139 cm³/mol. The molecule has 2 aromatic heterocycles. The van der Waals surface area contributed by atoms with Gasteiger partial charge in [-0.25, -0.2) is 18.7 Å². The number of halogens is 3. The van der Waals surface area contributed by atoms with E-state index in [4.69, 9.17) is 25.8 Å². The summed E-state index contributed by atoms with van der Waals surface area (Å²) in [5.41, 5.74) is -0.382. The fourth-order valence-electron chi connectivity index (χ4n) is 3.92. The zero-order valence-electron chi connectivity index (χ0n) is 20.4. The Hall–Kier alpha value is -3.60. The van der Waals surface area contributed by atoms with Gasteiger partial charge in [0.2, 0.25) is 6.86 Å². The van der Waals surface area contributed by atoms with Gasteiger partial charge in [0.1, 0.15) is 22.3 Å². The van der Waals surface area contributed by atoms with E-state index in [2.05, 4.69) is 9.97 Å². The van der Waals surface area contributed by atoms with Gasteiger partial charge in [-0.3, -0.25) is 4.79 Å². The van der Waals surface area contributed by atoms with Crippen LogP contribution in [0, 0.1) is 5.82 Å². The molecular weight excluding hydrogens is 538 g/mol. The molecule has 2 aromatic carbocycles. The molecule has 198 valence electrons. The maximum atomic E-state index is 13.8. The maximum Gasteiger partial charge on any atom is 0.228 e. The van der Waals surface area contributed by atoms with E-state index in [0.717, 1.165) is 0 Å². The molecule has 0 aliphatic rings. The SMILES string of the molecule is COc1cc(C(=O)CCC(O)(c2ccc(OC)c(-c3ccc(F)c(Cl)c3)n2)c2nccs2)ccc1OCF. The first-order valence-corrected chi connectivity index (χ1v) is 12.6. The minimum absolute atomic E-state index is 0.0483. The topological polar surface area (TPSA) is 90.8 Å². The quantitative estimate of drug-likeness (QED) is 0.218. The molecule has 0 saturated heterocycles. The van der Waals surface area contributed by atoms with Crippen LogP contribution in [0.15, 0.2) is 60.1 Å². The zero-order chi connectivity index (χ0) is 27.3. The zero-order valence-corrected chi connectivity index (χ0v) is 22.0. The van der Waals surface area contributed by atoms with Crippen LogP contribution < -0.4 is 14.2 Å². The minimum Gasteiger partial charge on any atom is -0.494 e. The Bertz CT molecular complexity index is 1440. The molecule has 0 aliphatic heterocycles. The van der Waals surface area contributed by atoms with Gasteiger partial charge in [-0.1, -0.05) is 11.6 Å². The number of thiazole rings is 1. The number of carbonyl (C=O) groups is 1. The summed E-state index contributed by atoms with van der Waals surface area (Å²) in [5, 5.41) is 13.9. The highest BCUT2D eigenvalue weighted by Gasteiger charge is 2.37. The van der Waals surface area contributed by atoms with Crippen LogP contribution in [0.1, 0.15) is 33.9 Å². The molecule has 0 fully saturated rings. The molecule has 0 radical (unpaired) electrons. The second-order valence-electron chi connectivity index (χ2n) is 8.12. The van der Waals surface area contributed by atoms with Gasteiger partial charge in [0.25, 0.3) is 0 Å². The van der Waals surface area contributed by atoms with Crippen molar-refractivity contribution in [2.75, 3.05) is 21.1 Å². The lowest BCUT2D eigenvalue weighted by molar-refractivity contribution is 0.0595. The molecule has 1 atom stereocenters. The molecule has 1 N–H and O–H groups in total. The number of Topliss-reactive ketones (excluding diaryl/α,β-unsaturated/α-hetero) is 1. The van der Waals surface area contributed by atoms with Crippen LogP contribution in [-0.2, 0) is 5.60 Å². The van der Waals surface area contributed by atoms with Crippen molar-refractivity contribution < 1.29 is 32.9 Å². The van der Waals surface area contributed by atoms with E-state index in [1.54, 1.807) is 23.7 Å². The first-order valence-electron chi connectivity index (χ1n) is 11.3. The van der Waals surface area contributed by atoms with Crippen LogP contribution in [0.2, 0.25) is 5.02 Å². The molecule has 4 aromatic rings. The molecular formula is C27H23ClF2N2O5S. The van der Waals surface area contributed by atoms with E-state index in [1.165, 1.54) is 62.0 Å². The fourth-order valence-corrected chi connectivity index (χ4v) is 4.88. The second-order valence-corrected chi connectivity index (χ2v) is 9.42. The molecule has 0 spiro atoms. The van der Waals surface area contributed by atoms with Crippen molar-refractivity contribution in [1.29, 1.82) is 0 Å². The Morgan fingerprint density at radius 3 is 2.50 bits per heavy atom. The number of alkyl halides is 1. The second kappa shape index (κ2) is 11.8. The van der Waals surface area contributed by atoms with E-state index in [9.17, 15) is 18.7 Å². The standard InChI is InChI=1S/C27H23ClF2N2O5S/c1-35-22-7-8-24(32-25(22)17-3-5-19(30)18(28)13-17)27(34,26-31-11-12-38-26)10-9-20(33)16-4-6-21(37-15-29)23(14-16)36-2/h3-8,11-14,34H,9-10,15H2,1-2H3. The van der Waals surface area contributed by atoms with Gasteiger partial charge in [0, 0.05) is 29.1 Å². The van der Waals surface area contributed by atoms with Gasteiger partial charge in [-0.15, -0.1) is 11.3 Å². The highest BCUT2D eigenvalue weighted by atomic mass is 35.5. The molecule has 0 saturated carbocycles. The molecule has 1 unspecified atom stereocenters. The molecule has 7 nitrogen and oxygen atoms in total. The average molecular weight is 561 g/mol. The van der Waals surface area contributed by atoms with Crippen molar-refractivity contribution in [3.05, 3.63) is 87.2 Å². The van der Waals surface area contributed by atoms with Gasteiger partial charge in [0.15, 0.2) is 22.9 Å². The number of benzene rings is 2. The highest BCUT2D eigenvalue weighted by Crippen LogP contribution is 2.39. The van der Waals surface area contributed by atoms with E-state index >= 15 is 0 Å². The van der Waals surface area contributed by atoms with Crippen LogP contribution in [0.25, 0.3) is 11.3 Å². The monoisotopic (exact) mass is 560 g/mol. The number of aromatic nitrogens is 2. The van der Waals surface area contributed by atoms with Crippen LogP contribution in [0.4, 0.5) is 8.78 Å². The summed E-state index contributed by atoms with van der Waals surface area (Å²) < 4.78 is 41.9. The predicted octanol–water partition coefficient (Wildman–Crippen LogP) is 6.22. The first-order chi connectivity index (χ1) is 18.3. The Balaban J connectivity index is 1.69. The lowest BCUT2D eigenvalue weighted by atomic mass is 9.90. The molecule has 4 rings (SSSR count). The smallest absolute Gasteiger partial charge is 0.228 e. The Morgan fingerprint density at radius 2 is 1.84 bits per heavy atom. The number of rotatable bonds is 11. The lowest BCUT2D eigenvalue weighted by Gasteiger charge is -2.26. The number of ketones is 1. The number of aliphatic hydroxyl groups is 1. The number of hydrogen-bond acceptors (Lipinski definition) is 8. The summed E-state index contributed by atoms with van der Waals surface area (Å²) in [6.45, 7) is -1.04. The van der Waals surface area contributed by atoms with Crippen LogP contribution >= 0.6 is 22.9 Å². The van der Waals surface area contributed by atoms with E-state index < -0.39 is 18.3 Å². The lowest BCUT2D eigenvalue weighted by Crippen LogP contribution is -2.29. The van der Waals surface area contributed by atoms with Gasteiger partial charge in [-0.05, 0) is 55.0 Å². The van der Waals surface area contributed by atoms with Gasteiger partial charge in [0.05, 0.1) is 24.9 Å². The number of carbonyl (C=O) groups excluding carboxylic acids is 1. The van der Waals surface area contributed by atoms with E-state index in [1.807, 2.05) is 0 Å². The molecule has 2 heterocycles. The number of pyridine rings is 1. The largest absolute Gasteiger partial charge is 0.494 e. The first kappa shape index (κ1) is 27.4. The van der Waals surface area contributed by atoms with Crippen molar-refractivity contribution in [1.82, 2.24) is 9.97 Å². The Kier molecular flexibility index (Phi) is 8.55. The van der Waals surface area contributed by atoms with Crippen molar-refractivity contribution in [3.63, 3.8) is 0 Å². The van der Waals surface area contributed by atoms with Crippen molar-refractivity contribution in [2.24, 2.45) is 0 Å². The molecule has 0 amide bonds. The van der Waals surface area contributed by atoms with Gasteiger partial charge >= 0.3 is 0 Å². The summed E-state index contributed by atoms with van der Waals surface area (Å²) in [6, 6.07) is 11.8. The number of nitrogens with zero attached hydrogens (tertiary/aromatic N) is 2. The Labute approximate surface area is 226 Å². The summed E-state index contributed by atoms with van der Waals surface area (Å²) in [5.74, 6) is -0.102. The van der Waals surface area contributed by atoms with Crippen molar-refractivity contribution in [2.45, 2.75) is 18.4 Å². The number of hydrogen-bond donors (Lipinski definition) is 1. The number of methoxy groups -OCH3 is 2. The van der Waals surface area contributed by atoms with Gasteiger partial charge in [-0.2, -0.15) is 0 Å². The average Bonchev–Trinajstić information content (AvgIpc) is 3.49. The van der Waals surface area contributed by atoms with Crippen molar-refractivity contribution in [3.8, 4) is 28.5 Å². The van der Waals surface area contributed by atoms with Crippen LogP contribution in [-0.4, -0.2) is 41.9 Å². The Morgan fingerprint density at radius 1 is 1.08 bits per heavy atom. The third-order valence-electron chi connectivity index (χ3n) is 5.89. The summed E-state index contributed by atoms with van der Waals surface area (Å²) >= 11 is 7.20. The highest BCUT2D eigenvalue weighted by molar-refractivity contribution is 7.09. The fraction of sp³-hybridized carbons (Fsp3) is 0.222. The molecule has 38 heavy (non-hydrogen) atoms. The third-order valence-corrected chi connectivity index (χ3v) is 7.10. The third kappa shape index (κ3) is 5.62.